The lowest BCUT2D eigenvalue weighted by Gasteiger charge is -2.41. The average molecular weight is 256 g/mol. The van der Waals surface area contributed by atoms with Crippen molar-refractivity contribution >= 4 is 0 Å². The summed E-state index contributed by atoms with van der Waals surface area (Å²) in [5.41, 5.74) is 6.09. The fourth-order valence-corrected chi connectivity index (χ4v) is 2.99. The van der Waals surface area contributed by atoms with Gasteiger partial charge in [0.15, 0.2) is 0 Å². The van der Waals surface area contributed by atoms with E-state index in [9.17, 15) is 0 Å². The van der Waals surface area contributed by atoms with Gasteiger partial charge in [-0.05, 0) is 45.1 Å². The second-order valence-corrected chi connectivity index (χ2v) is 5.60. The summed E-state index contributed by atoms with van der Waals surface area (Å²) in [5, 5.41) is 0. The maximum Gasteiger partial charge on any atom is 0.0469 e. The molecular formula is C15H32N2O. The Balaban J connectivity index is 2.64. The van der Waals surface area contributed by atoms with Gasteiger partial charge in [0.25, 0.3) is 0 Å². The fourth-order valence-electron chi connectivity index (χ4n) is 2.99. The van der Waals surface area contributed by atoms with E-state index in [1.165, 1.54) is 38.6 Å². The molecule has 0 spiro atoms. The molecule has 3 heteroatoms. The van der Waals surface area contributed by atoms with Crippen molar-refractivity contribution in [3.63, 3.8) is 0 Å². The summed E-state index contributed by atoms with van der Waals surface area (Å²) in [6.45, 7) is 10.7. The Morgan fingerprint density at radius 1 is 1.28 bits per heavy atom. The number of nitrogens with zero attached hydrogens (tertiary/aromatic N) is 1. The van der Waals surface area contributed by atoms with E-state index in [0.29, 0.717) is 12.1 Å². The summed E-state index contributed by atoms with van der Waals surface area (Å²) in [7, 11) is 0. The Morgan fingerprint density at radius 2 is 1.94 bits per heavy atom. The first-order chi connectivity index (χ1) is 8.74. The Kier molecular flexibility index (Phi) is 7.87. The summed E-state index contributed by atoms with van der Waals surface area (Å²) >= 11 is 0. The molecule has 1 rings (SSSR count). The van der Waals surface area contributed by atoms with Crippen LogP contribution in [0.5, 0.6) is 0 Å². The normalized spacial score (nSPS) is 21.2. The van der Waals surface area contributed by atoms with Crippen LogP contribution in [0.1, 0.15) is 52.9 Å². The van der Waals surface area contributed by atoms with Gasteiger partial charge in [0.1, 0.15) is 0 Å². The molecule has 3 nitrogen and oxygen atoms in total. The molecule has 0 saturated carbocycles. The van der Waals surface area contributed by atoms with Crippen LogP contribution in [0.15, 0.2) is 0 Å². The minimum absolute atomic E-state index is 0.551. The summed E-state index contributed by atoms with van der Waals surface area (Å²) in [6.07, 6.45) is 6.12. The molecule has 18 heavy (non-hydrogen) atoms. The zero-order valence-corrected chi connectivity index (χ0v) is 12.5. The standard InChI is InChI=1S/C15H32N2O/c1-4-6-9-17(13(3)5-2)15(12-16)14-7-10-18-11-8-14/h13-15H,4-12,16H2,1-3H3. The van der Waals surface area contributed by atoms with E-state index in [-0.39, 0.29) is 0 Å². The Bertz CT molecular complexity index is 205. The first kappa shape index (κ1) is 15.9. The zero-order valence-electron chi connectivity index (χ0n) is 12.5. The first-order valence-corrected chi connectivity index (χ1v) is 7.78. The van der Waals surface area contributed by atoms with Crippen molar-refractivity contribution in [3.05, 3.63) is 0 Å². The highest BCUT2D eigenvalue weighted by Crippen LogP contribution is 2.25. The molecular weight excluding hydrogens is 224 g/mol. The second kappa shape index (κ2) is 8.89. The highest BCUT2D eigenvalue weighted by atomic mass is 16.5. The average Bonchev–Trinajstić information content (AvgIpc) is 2.43. The van der Waals surface area contributed by atoms with Crippen molar-refractivity contribution in [2.75, 3.05) is 26.3 Å². The molecule has 1 saturated heterocycles. The summed E-state index contributed by atoms with van der Waals surface area (Å²) < 4.78 is 5.48. The SMILES string of the molecule is CCCCN(C(C)CC)C(CN)C1CCOCC1. The molecule has 2 atom stereocenters. The van der Waals surface area contributed by atoms with Gasteiger partial charge in [0.2, 0.25) is 0 Å². The summed E-state index contributed by atoms with van der Waals surface area (Å²) in [4.78, 5) is 2.67. The van der Waals surface area contributed by atoms with Crippen LogP contribution < -0.4 is 5.73 Å². The predicted molar refractivity (Wildman–Crippen MR) is 77.8 cm³/mol. The van der Waals surface area contributed by atoms with Gasteiger partial charge in [-0.2, -0.15) is 0 Å². The molecule has 0 aromatic carbocycles. The fraction of sp³-hybridized carbons (Fsp3) is 1.00. The van der Waals surface area contributed by atoms with Gasteiger partial charge < -0.3 is 10.5 Å². The molecule has 0 aromatic heterocycles. The third-order valence-corrected chi connectivity index (χ3v) is 4.40. The quantitative estimate of drug-likeness (QED) is 0.725. The second-order valence-electron chi connectivity index (χ2n) is 5.60. The number of rotatable bonds is 8. The van der Waals surface area contributed by atoms with Gasteiger partial charge in [-0.3, -0.25) is 4.90 Å². The molecule has 1 aliphatic heterocycles. The lowest BCUT2D eigenvalue weighted by atomic mass is 9.89. The van der Waals surface area contributed by atoms with Crippen molar-refractivity contribution in [1.29, 1.82) is 0 Å². The van der Waals surface area contributed by atoms with Crippen LogP contribution in [0.3, 0.4) is 0 Å². The van der Waals surface area contributed by atoms with Gasteiger partial charge in [-0.25, -0.2) is 0 Å². The first-order valence-electron chi connectivity index (χ1n) is 7.78. The van der Waals surface area contributed by atoms with Crippen LogP contribution in [-0.4, -0.2) is 43.3 Å². The van der Waals surface area contributed by atoms with E-state index in [4.69, 9.17) is 10.5 Å². The Labute approximate surface area is 113 Å². The van der Waals surface area contributed by atoms with Crippen LogP contribution in [0.2, 0.25) is 0 Å². The topological polar surface area (TPSA) is 38.5 Å². The number of hydrogen-bond acceptors (Lipinski definition) is 3. The molecule has 1 heterocycles. The van der Waals surface area contributed by atoms with Crippen molar-refractivity contribution < 1.29 is 4.74 Å². The largest absolute Gasteiger partial charge is 0.381 e. The highest BCUT2D eigenvalue weighted by molar-refractivity contribution is 4.84. The van der Waals surface area contributed by atoms with Crippen molar-refractivity contribution in [3.8, 4) is 0 Å². The highest BCUT2D eigenvalue weighted by Gasteiger charge is 2.29. The van der Waals surface area contributed by atoms with Gasteiger partial charge in [-0.1, -0.05) is 20.3 Å². The molecule has 108 valence electrons. The summed E-state index contributed by atoms with van der Waals surface area (Å²) in [6, 6.07) is 1.20. The lowest BCUT2D eigenvalue weighted by Crippen LogP contribution is -2.51. The minimum atomic E-state index is 0.551. The molecule has 2 N–H and O–H groups in total. The Hall–Kier alpha value is -0.120. The van der Waals surface area contributed by atoms with Crippen LogP contribution >= 0.6 is 0 Å². The van der Waals surface area contributed by atoms with E-state index in [0.717, 1.165) is 25.7 Å². The van der Waals surface area contributed by atoms with Crippen LogP contribution in [0.4, 0.5) is 0 Å². The van der Waals surface area contributed by atoms with E-state index in [2.05, 4.69) is 25.7 Å². The third-order valence-electron chi connectivity index (χ3n) is 4.40. The number of nitrogens with two attached hydrogens (primary N) is 1. The third kappa shape index (κ3) is 4.52. The maximum absolute atomic E-state index is 6.09. The van der Waals surface area contributed by atoms with Crippen LogP contribution in [0.25, 0.3) is 0 Å². The van der Waals surface area contributed by atoms with Crippen molar-refractivity contribution in [2.24, 2.45) is 11.7 Å². The number of hydrogen-bond donors (Lipinski definition) is 1. The van der Waals surface area contributed by atoms with Crippen LogP contribution in [-0.2, 0) is 4.74 Å². The maximum atomic E-state index is 6.09. The molecule has 0 amide bonds. The van der Waals surface area contributed by atoms with Gasteiger partial charge in [-0.15, -0.1) is 0 Å². The monoisotopic (exact) mass is 256 g/mol. The van der Waals surface area contributed by atoms with Crippen molar-refractivity contribution in [1.82, 2.24) is 4.90 Å². The molecule has 0 aliphatic carbocycles. The molecule has 2 unspecified atom stereocenters. The van der Waals surface area contributed by atoms with Gasteiger partial charge in [0, 0.05) is 31.8 Å². The van der Waals surface area contributed by atoms with Gasteiger partial charge >= 0.3 is 0 Å². The minimum Gasteiger partial charge on any atom is -0.381 e. The van der Waals surface area contributed by atoms with E-state index >= 15 is 0 Å². The summed E-state index contributed by atoms with van der Waals surface area (Å²) in [5.74, 6) is 0.731. The predicted octanol–water partition coefficient (Wildman–Crippen LogP) is 2.64. The van der Waals surface area contributed by atoms with E-state index < -0.39 is 0 Å². The Morgan fingerprint density at radius 3 is 2.44 bits per heavy atom. The molecule has 0 radical (unpaired) electrons. The van der Waals surface area contributed by atoms with Gasteiger partial charge in [0.05, 0.1) is 0 Å². The van der Waals surface area contributed by atoms with E-state index in [1.54, 1.807) is 0 Å². The lowest BCUT2D eigenvalue weighted by molar-refractivity contribution is 0.0156. The number of ether oxygens (including phenoxy) is 1. The molecule has 0 bridgehead atoms. The molecule has 1 aliphatic rings. The van der Waals surface area contributed by atoms with Crippen molar-refractivity contribution in [2.45, 2.75) is 65.0 Å². The zero-order chi connectivity index (χ0) is 13.4. The number of unbranched alkanes of at least 4 members (excludes halogenated alkanes) is 1. The molecule has 1 fully saturated rings. The van der Waals surface area contributed by atoms with Crippen LogP contribution in [0, 0.1) is 5.92 Å². The van der Waals surface area contributed by atoms with E-state index in [1.807, 2.05) is 0 Å². The molecule has 0 aromatic rings. The smallest absolute Gasteiger partial charge is 0.0469 e.